The van der Waals surface area contributed by atoms with Gasteiger partial charge in [-0.05, 0) is 30.5 Å². The smallest absolute Gasteiger partial charge is 0.308 e. The summed E-state index contributed by atoms with van der Waals surface area (Å²) in [6.07, 6.45) is 0.592. The number of nitrogens with zero attached hydrogens (tertiary/aromatic N) is 1. The number of piperidine rings is 1. The van der Waals surface area contributed by atoms with E-state index >= 15 is 0 Å². The summed E-state index contributed by atoms with van der Waals surface area (Å²) in [6.45, 7) is 2.72. The molecule has 0 aromatic heterocycles. The lowest BCUT2D eigenvalue weighted by atomic mass is 9.90. The van der Waals surface area contributed by atoms with Crippen molar-refractivity contribution in [3.8, 4) is 11.5 Å². The molecule has 2 atom stereocenters. The van der Waals surface area contributed by atoms with Crippen molar-refractivity contribution in [2.24, 2.45) is 11.8 Å². The zero-order valence-corrected chi connectivity index (χ0v) is 13.0. The summed E-state index contributed by atoms with van der Waals surface area (Å²) in [5.41, 5.74) is 0.389. The molecule has 0 radical (unpaired) electrons. The van der Waals surface area contributed by atoms with E-state index in [1.165, 1.54) is 14.2 Å². The number of rotatable bonds is 4. The molecule has 1 heterocycles. The van der Waals surface area contributed by atoms with Crippen LogP contribution < -0.4 is 9.47 Å². The van der Waals surface area contributed by atoms with Crippen molar-refractivity contribution >= 4 is 11.9 Å². The molecule has 1 saturated heterocycles. The number of methoxy groups -OCH3 is 2. The number of benzene rings is 1. The molecule has 1 aromatic rings. The van der Waals surface area contributed by atoms with E-state index in [0.29, 0.717) is 30.0 Å². The van der Waals surface area contributed by atoms with Gasteiger partial charge in [0.05, 0.1) is 25.7 Å². The largest absolute Gasteiger partial charge is 0.497 e. The summed E-state index contributed by atoms with van der Waals surface area (Å²) in [5, 5.41) is 9.23. The first kappa shape index (κ1) is 16.1. The van der Waals surface area contributed by atoms with Crippen LogP contribution in [0.4, 0.5) is 0 Å². The summed E-state index contributed by atoms with van der Waals surface area (Å²) in [7, 11) is 3.02. The van der Waals surface area contributed by atoms with Gasteiger partial charge in [-0.2, -0.15) is 0 Å². The maximum absolute atomic E-state index is 12.8. The Morgan fingerprint density at radius 3 is 2.55 bits per heavy atom. The van der Waals surface area contributed by atoms with Crippen LogP contribution in [0.2, 0.25) is 0 Å². The minimum atomic E-state index is -0.859. The Labute approximate surface area is 129 Å². The molecule has 1 aliphatic rings. The van der Waals surface area contributed by atoms with Gasteiger partial charge in [-0.25, -0.2) is 0 Å². The lowest BCUT2D eigenvalue weighted by Gasteiger charge is -2.35. The number of hydrogen-bond donors (Lipinski definition) is 1. The monoisotopic (exact) mass is 307 g/mol. The number of carbonyl (C=O) groups excluding carboxylic acids is 1. The summed E-state index contributed by atoms with van der Waals surface area (Å²) in [4.78, 5) is 25.6. The first-order valence-electron chi connectivity index (χ1n) is 7.20. The van der Waals surface area contributed by atoms with E-state index in [1.807, 2.05) is 6.92 Å². The normalized spacial score (nSPS) is 21.3. The van der Waals surface area contributed by atoms with Gasteiger partial charge in [0, 0.05) is 13.1 Å². The van der Waals surface area contributed by atoms with Gasteiger partial charge < -0.3 is 19.5 Å². The molecular weight excluding hydrogens is 286 g/mol. The lowest BCUT2D eigenvalue weighted by molar-refractivity contribution is -0.143. The average molecular weight is 307 g/mol. The van der Waals surface area contributed by atoms with E-state index in [1.54, 1.807) is 23.1 Å². The van der Waals surface area contributed by atoms with E-state index in [9.17, 15) is 14.7 Å². The maximum Gasteiger partial charge on any atom is 0.308 e. The molecule has 0 bridgehead atoms. The SMILES string of the molecule is COc1ccc(OC)c(C(=O)N2CC(C)CC(C(=O)O)C2)c1. The van der Waals surface area contributed by atoms with Crippen molar-refractivity contribution in [1.82, 2.24) is 4.90 Å². The number of carboxylic acids is 1. The number of aliphatic carboxylic acids is 1. The molecule has 1 N–H and O–H groups in total. The van der Waals surface area contributed by atoms with E-state index < -0.39 is 11.9 Å². The minimum absolute atomic E-state index is 0.149. The molecule has 1 fully saturated rings. The molecule has 1 aromatic carbocycles. The molecule has 1 amide bonds. The maximum atomic E-state index is 12.8. The zero-order valence-electron chi connectivity index (χ0n) is 13.0. The van der Waals surface area contributed by atoms with Crippen molar-refractivity contribution in [2.75, 3.05) is 27.3 Å². The van der Waals surface area contributed by atoms with Crippen LogP contribution in [0, 0.1) is 11.8 Å². The Morgan fingerprint density at radius 1 is 1.23 bits per heavy atom. The van der Waals surface area contributed by atoms with E-state index in [4.69, 9.17) is 9.47 Å². The number of hydrogen-bond acceptors (Lipinski definition) is 4. The highest BCUT2D eigenvalue weighted by molar-refractivity contribution is 5.97. The summed E-state index contributed by atoms with van der Waals surface area (Å²) < 4.78 is 10.4. The van der Waals surface area contributed by atoms with E-state index in [0.717, 1.165) is 0 Å². The fourth-order valence-corrected chi connectivity index (χ4v) is 2.85. The highest BCUT2D eigenvalue weighted by Gasteiger charge is 2.33. The van der Waals surface area contributed by atoms with Crippen LogP contribution >= 0.6 is 0 Å². The third-order valence-corrected chi connectivity index (χ3v) is 3.93. The second-order valence-corrected chi connectivity index (χ2v) is 5.65. The fraction of sp³-hybridized carbons (Fsp3) is 0.500. The number of amides is 1. The van der Waals surface area contributed by atoms with Crippen LogP contribution in [0.1, 0.15) is 23.7 Å². The van der Waals surface area contributed by atoms with Gasteiger partial charge in [0.15, 0.2) is 0 Å². The third-order valence-electron chi connectivity index (χ3n) is 3.93. The zero-order chi connectivity index (χ0) is 16.3. The molecule has 1 aliphatic heterocycles. The Balaban J connectivity index is 2.28. The van der Waals surface area contributed by atoms with Gasteiger partial charge in [0.25, 0.3) is 5.91 Å². The summed E-state index contributed by atoms with van der Waals surface area (Å²) in [5.74, 6) is -0.449. The van der Waals surface area contributed by atoms with Gasteiger partial charge >= 0.3 is 5.97 Å². The molecule has 0 spiro atoms. The second-order valence-electron chi connectivity index (χ2n) is 5.65. The number of carboxylic acid groups (broad SMARTS) is 1. The summed E-state index contributed by atoms with van der Waals surface area (Å²) >= 11 is 0. The number of carbonyl (C=O) groups is 2. The van der Waals surface area contributed by atoms with Gasteiger partial charge in [0.1, 0.15) is 11.5 Å². The summed E-state index contributed by atoms with van der Waals surface area (Å²) in [6, 6.07) is 5.01. The van der Waals surface area contributed by atoms with Gasteiger partial charge in [-0.3, -0.25) is 9.59 Å². The highest BCUT2D eigenvalue weighted by Crippen LogP contribution is 2.28. The molecule has 0 aliphatic carbocycles. The quantitative estimate of drug-likeness (QED) is 0.919. The Morgan fingerprint density at radius 2 is 1.95 bits per heavy atom. The van der Waals surface area contributed by atoms with Crippen LogP contribution in [-0.2, 0) is 4.79 Å². The molecule has 6 nitrogen and oxygen atoms in total. The fourth-order valence-electron chi connectivity index (χ4n) is 2.85. The average Bonchev–Trinajstić information content (AvgIpc) is 2.52. The molecule has 6 heteroatoms. The molecular formula is C16H21NO5. The van der Waals surface area contributed by atoms with E-state index in [2.05, 4.69) is 0 Å². The van der Waals surface area contributed by atoms with Crippen LogP contribution in [-0.4, -0.2) is 49.2 Å². The van der Waals surface area contributed by atoms with Gasteiger partial charge in [0.2, 0.25) is 0 Å². The lowest BCUT2D eigenvalue weighted by Crippen LogP contribution is -2.45. The minimum Gasteiger partial charge on any atom is -0.497 e. The predicted molar refractivity (Wildman–Crippen MR) is 80.4 cm³/mol. The Kier molecular flexibility index (Phi) is 4.90. The standard InChI is InChI=1S/C16H21NO5/c1-10-6-11(16(19)20)9-17(8-10)15(18)13-7-12(21-2)4-5-14(13)22-3/h4-5,7,10-11H,6,8-9H2,1-3H3,(H,19,20). The highest BCUT2D eigenvalue weighted by atomic mass is 16.5. The van der Waals surface area contributed by atoms with Gasteiger partial charge in [-0.1, -0.05) is 6.92 Å². The van der Waals surface area contributed by atoms with Crippen LogP contribution in [0.25, 0.3) is 0 Å². The van der Waals surface area contributed by atoms with Crippen LogP contribution in [0.3, 0.4) is 0 Å². The van der Waals surface area contributed by atoms with E-state index in [-0.39, 0.29) is 18.4 Å². The van der Waals surface area contributed by atoms with Crippen molar-refractivity contribution in [1.29, 1.82) is 0 Å². The molecule has 120 valence electrons. The van der Waals surface area contributed by atoms with Crippen molar-refractivity contribution in [3.05, 3.63) is 23.8 Å². The van der Waals surface area contributed by atoms with Crippen LogP contribution in [0.15, 0.2) is 18.2 Å². The molecule has 22 heavy (non-hydrogen) atoms. The van der Waals surface area contributed by atoms with Gasteiger partial charge in [-0.15, -0.1) is 0 Å². The molecule has 2 rings (SSSR count). The first-order chi connectivity index (χ1) is 10.5. The number of likely N-dealkylation sites (tertiary alicyclic amines) is 1. The Hall–Kier alpha value is -2.24. The van der Waals surface area contributed by atoms with Crippen molar-refractivity contribution in [2.45, 2.75) is 13.3 Å². The topological polar surface area (TPSA) is 76.1 Å². The first-order valence-corrected chi connectivity index (χ1v) is 7.20. The molecule has 0 saturated carbocycles. The Bertz CT molecular complexity index is 572. The molecule has 2 unspecified atom stereocenters. The second kappa shape index (κ2) is 6.68. The predicted octanol–water partition coefficient (Wildman–Crippen LogP) is 1.89. The number of ether oxygens (including phenoxy) is 2. The van der Waals surface area contributed by atoms with Crippen molar-refractivity contribution in [3.63, 3.8) is 0 Å². The van der Waals surface area contributed by atoms with Crippen LogP contribution in [0.5, 0.6) is 11.5 Å². The van der Waals surface area contributed by atoms with Crippen molar-refractivity contribution < 1.29 is 24.2 Å². The third kappa shape index (κ3) is 3.32.